The molecule has 0 saturated carbocycles. The van der Waals surface area contributed by atoms with Crippen molar-refractivity contribution < 1.29 is 19.4 Å². The van der Waals surface area contributed by atoms with Crippen LogP contribution in [0.25, 0.3) is 6.08 Å². The Bertz CT molecular complexity index is 825. The number of ether oxygens (including phenoxy) is 1. The number of methoxy groups -OCH3 is 1. The smallest absolute Gasteiger partial charge is 0.166 e. The molecule has 1 N–H and O–H groups in total. The topological polar surface area (TPSA) is 63.6 Å². The summed E-state index contributed by atoms with van der Waals surface area (Å²) in [4.78, 5) is 25.2. The maximum Gasteiger partial charge on any atom is 0.166 e. The number of aromatic hydroxyl groups is 1. The highest BCUT2D eigenvalue weighted by atomic mass is 16.5. The molecule has 4 nitrogen and oxygen atoms in total. The predicted molar refractivity (Wildman–Crippen MR) is 97.1 cm³/mol. The number of Topliss-reactive ketones (excluding diaryl/α,β-unsaturated/α-hetero) is 1. The monoisotopic (exact) mass is 340 g/mol. The normalized spacial score (nSPS) is 21.5. The third-order valence-electron chi connectivity index (χ3n) is 5.49. The van der Waals surface area contributed by atoms with Crippen LogP contribution >= 0.6 is 0 Å². The number of ketones is 2. The zero-order chi connectivity index (χ0) is 18.5. The second-order valence-corrected chi connectivity index (χ2v) is 7.71. The minimum absolute atomic E-state index is 0.00620. The Morgan fingerprint density at radius 3 is 2.52 bits per heavy atom. The molecule has 2 aliphatic rings. The summed E-state index contributed by atoms with van der Waals surface area (Å²) in [6.45, 7) is 7.74. The van der Waals surface area contributed by atoms with Crippen LogP contribution in [0.1, 0.15) is 61.5 Å². The third-order valence-corrected chi connectivity index (χ3v) is 5.49. The van der Waals surface area contributed by atoms with Gasteiger partial charge in [-0.2, -0.15) is 0 Å². The van der Waals surface area contributed by atoms with Crippen molar-refractivity contribution in [1.82, 2.24) is 0 Å². The average Bonchev–Trinajstić information content (AvgIpc) is 2.69. The Labute approximate surface area is 148 Å². The summed E-state index contributed by atoms with van der Waals surface area (Å²) < 4.78 is 5.41. The first-order valence-corrected chi connectivity index (χ1v) is 8.59. The Morgan fingerprint density at radius 2 is 1.92 bits per heavy atom. The van der Waals surface area contributed by atoms with Crippen molar-refractivity contribution in [3.05, 3.63) is 40.5 Å². The molecule has 132 valence electrons. The van der Waals surface area contributed by atoms with Crippen LogP contribution in [0.5, 0.6) is 11.5 Å². The minimum Gasteiger partial charge on any atom is -0.504 e. The molecule has 0 heterocycles. The van der Waals surface area contributed by atoms with Crippen molar-refractivity contribution in [3.8, 4) is 11.5 Å². The fourth-order valence-electron chi connectivity index (χ4n) is 3.78. The van der Waals surface area contributed by atoms with E-state index >= 15 is 0 Å². The van der Waals surface area contributed by atoms with Gasteiger partial charge in [-0.25, -0.2) is 0 Å². The zero-order valence-electron chi connectivity index (χ0n) is 15.3. The molecule has 1 aromatic carbocycles. The molecule has 0 aromatic heterocycles. The lowest BCUT2D eigenvalue weighted by Crippen LogP contribution is -2.36. The summed E-state index contributed by atoms with van der Waals surface area (Å²) in [5, 5.41) is 10.8. The van der Waals surface area contributed by atoms with Crippen LogP contribution in [0.4, 0.5) is 0 Å². The molecule has 1 aromatic rings. The molecule has 25 heavy (non-hydrogen) atoms. The highest BCUT2D eigenvalue weighted by Gasteiger charge is 2.42. The summed E-state index contributed by atoms with van der Waals surface area (Å²) in [5.74, 6) is 0.286. The van der Waals surface area contributed by atoms with Gasteiger partial charge in [0.05, 0.1) is 7.11 Å². The molecule has 0 radical (unpaired) electrons. The molecule has 4 heteroatoms. The molecule has 1 atom stereocenters. The van der Waals surface area contributed by atoms with Gasteiger partial charge in [-0.1, -0.05) is 33.8 Å². The second-order valence-electron chi connectivity index (χ2n) is 7.71. The maximum absolute atomic E-state index is 13.0. The molecule has 0 bridgehead atoms. The lowest BCUT2D eigenvalue weighted by Gasteiger charge is -2.35. The van der Waals surface area contributed by atoms with Gasteiger partial charge in [-0.15, -0.1) is 0 Å². The van der Waals surface area contributed by atoms with E-state index in [4.69, 9.17) is 4.74 Å². The van der Waals surface area contributed by atoms with E-state index in [0.29, 0.717) is 16.9 Å². The predicted octanol–water partition coefficient (Wildman–Crippen LogP) is 4.28. The lowest BCUT2D eigenvalue weighted by atomic mass is 9.67. The molecule has 0 spiro atoms. The van der Waals surface area contributed by atoms with Gasteiger partial charge < -0.3 is 9.84 Å². The highest BCUT2D eigenvalue weighted by molar-refractivity contribution is 6.05. The molecule has 3 rings (SSSR count). The molecule has 1 unspecified atom stereocenters. The zero-order valence-corrected chi connectivity index (χ0v) is 15.3. The molecular formula is C21H24O4. The fraction of sp³-hybridized carbons (Fsp3) is 0.429. The van der Waals surface area contributed by atoms with Crippen LogP contribution in [0.2, 0.25) is 0 Å². The number of phenols is 1. The number of carbonyl (C=O) groups is 2. The summed E-state index contributed by atoms with van der Waals surface area (Å²) >= 11 is 0. The quantitative estimate of drug-likeness (QED) is 0.873. The van der Waals surface area contributed by atoms with E-state index in [1.54, 1.807) is 12.2 Å². The van der Waals surface area contributed by atoms with Gasteiger partial charge in [0.25, 0.3) is 0 Å². The van der Waals surface area contributed by atoms with Crippen LogP contribution in [0.3, 0.4) is 0 Å². The summed E-state index contributed by atoms with van der Waals surface area (Å²) in [6, 6.07) is 1.83. The van der Waals surface area contributed by atoms with Gasteiger partial charge in [-0.3, -0.25) is 9.59 Å². The number of phenolic OH excluding ortho intramolecular Hbond substituents is 1. The molecule has 0 amide bonds. The SMILES string of the molecule is COc1c(C(C)C)cc2c(c1O)C=C1C=CC(=O)C(C)(C)C1CC2=O. The fourth-order valence-corrected chi connectivity index (χ4v) is 3.78. The Balaban J connectivity index is 2.27. The molecule has 0 aliphatic heterocycles. The van der Waals surface area contributed by atoms with E-state index in [9.17, 15) is 14.7 Å². The Kier molecular flexibility index (Phi) is 4.10. The number of rotatable bonds is 2. The van der Waals surface area contributed by atoms with Gasteiger partial charge in [-0.05, 0) is 29.7 Å². The number of carbonyl (C=O) groups excluding carboxylic acids is 2. The summed E-state index contributed by atoms with van der Waals surface area (Å²) in [6.07, 6.45) is 5.42. The standard InChI is InChI=1S/C21H24O4/c1-11(2)13-9-14-15(19(24)20(13)25-5)8-12-6-7-18(23)21(3,4)16(12)10-17(14)22/h6-9,11,16,24H,10H2,1-5H3. The Hall–Kier alpha value is -2.36. The van der Waals surface area contributed by atoms with Gasteiger partial charge in [0, 0.05) is 34.4 Å². The van der Waals surface area contributed by atoms with Gasteiger partial charge >= 0.3 is 0 Å². The van der Waals surface area contributed by atoms with Gasteiger partial charge in [0.1, 0.15) is 0 Å². The van der Waals surface area contributed by atoms with Crippen molar-refractivity contribution in [2.75, 3.05) is 7.11 Å². The van der Waals surface area contributed by atoms with Crippen LogP contribution < -0.4 is 4.74 Å². The number of allylic oxidation sites excluding steroid dienone is 3. The van der Waals surface area contributed by atoms with Crippen molar-refractivity contribution in [2.45, 2.75) is 40.0 Å². The van der Waals surface area contributed by atoms with E-state index < -0.39 is 5.41 Å². The lowest BCUT2D eigenvalue weighted by molar-refractivity contribution is -0.124. The van der Waals surface area contributed by atoms with Crippen molar-refractivity contribution in [3.63, 3.8) is 0 Å². The van der Waals surface area contributed by atoms with Gasteiger partial charge in [0.2, 0.25) is 0 Å². The van der Waals surface area contributed by atoms with E-state index in [0.717, 1.165) is 11.1 Å². The minimum atomic E-state index is -0.640. The number of hydrogen-bond acceptors (Lipinski definition) is 4. The van der Waals surface area contributed by atoms with Crippen molar-refractivity contribution >= 4 is 17.6 Å². The molecule has 0 fully saturated rings. The summed E-state index contributed by atoms with van der Waals surface area (Å²) in [7, 11) is 1.52. The second kappa shape index (κ2) is 5.87. The van der Waals surface area contributed by atoms with E-state index in [1.807, 2.05) is 39.8 Å². The highest BCUT2D eigenvalue weighted by Crippen LogP contribution is 2.47. The van der Waals surface area contributed by atoms with Crippen LogP contribution in [0, 0.1) is 11.3 Å². The number of hydrogen-bond donors (Lipinski definition) is 1. The molecule has 2 aliphatic carbocycles. The molecular weight excluding hydrogens is 316 g/mol. The van der Waals surface area contributed by atoms with Crippen molar-refractivity contribution in [1.29, 1.82) is 0 Å². The van der Waals surface area contributed by atoms with Crippen LogP contribution in [-0.2, 0) is 4.79 Å². The van der Waals surface area contributed by atoms with Crippen LogP contribution in [0.15, 0.2) is 23.8 Å². The van der Waals surface area contributed by atoms with Crippen molar-refractivity contribution in [2.24, 2.45) is 11.3 Å². The maximum atomic E-state index is 13.0. The number of fused-ring (bicyclic) bond motifs is 2. The summed E-state index contributed by atoms with van der Waals surface area (Å²) in [5.41, 5.74) is 2.05. The largest absolute Gasteiger partial charge is 0.504 e. The first kappa shape index (κ1) is 17.5. The van der Waals surface area contributed by atoms with E-state index in [-0.39, 0.29) is 35.6 Å². The third kappa shape index (κ3) is 2.60. The van der Waals surface area contributed by atoms with Crippen LogP contribution in [-0.4, -0.2) is 23.8 Å². The van der Waals surface area contributed by atoms with Gasteiger partial charge in [0.15, 0.2) is 23.1 Å². The number of benzene rings is 1. The first-order valence-electron chi connectivity index (χ1n) is 8.59. The van der Waals surface area contributed by atoms with E-state index in [1.165, 1.54) is 7.11 Å². The van der Waals surface area contributed by atoms with E-state index in [2.05, 4.69) is 0 Å². The Morgan fingerprint density at radius 1 is 1.24 bits per heavy atom. The first-order chi connectivity index (χ1) is 11.7. The average molecular weight is 340 g/mol. The molecule has 0 saturated heterocycles.